The maximum atomic E-state index is 11.4. The number of fused-ring (bicyclic) bond motifs is 1. The molecule has 0 aromatic heterocycles. The summed E-state index contributed by atoms with van der Waals surface area (Å²) in [6.45, 7) is 4.63. The molecule has 0 amide bonds. The molecule has 0 radical (unpaired) electrons. The molecule has 0 atom stereocenters. The van der Waals surface area contributed by atoms with Gasteiger partial charge in [-0.15, -0.1) is 0 Å². The van der Waals surface area contributed by atoms with Crippen molar-refractivity contribution in [2.45, 2.75) is 6.92 Å². The smallest absolute Gasteiger partial charge is 0.296 e. The molecule has 144 valence electrons. The van der Waals surface area contributed by atoms with E-state index in [-0.39, 0.29) is 30.3 Å². The first-order valence-corrected chi connectivity index (χ1v) is 8.57. The highest BCUT2D eigenvalue weighted by molar-refractivity contribution is 7.80. The summed E-state index contributed by atoms with van der Waals surface area (Å²) in [5.41, 5.74) is 0.0911. The highest BCUT2D eigenvalue weighted by Crippen LogP contribution is 2.38. The lowest BCUT2D eigenvalue weighted by Gasteiger charge is -2.15. The minimum atomic E-state index is -0.503. The molecule has 0 aliphatic carbocycles. The number of benzene rings is 1. The Morgan fingerprint density at radius 3 is 1.88 bits per heavy atom. The molecule has 0 unspecified atom stereocenters. The van der Waals surface area contributed by atoms with E-state index in [2.05, 4.69) is 5.32 Å². The quantitative estimate of drug-likeness (QED) is 0.465. The van der Waals surface area contributed by atoms with E-state index in [1.807, 2.05) is 0 Å². The van der Waals surface area contributed by atoms with Gasteiger partial charge in [0, 0.05) is 6.07 Å². The predicted molar refractivity (Wildman–Crippen MR) is 98.4 cm³/mol. The van der Waals surface area contributed by atoms with Crippen molar-refractivity contribution in [3.8, 4) is 11.5 Å². The van der Waals surface area contributed by atoms with E-state index in [0.29, 0.717) is 50.4 Å². The van der Waals surface area contributed by atoms with E-state index in [0.717, 1.165) is 0 Å². The van der Waals surface area contributed by atoms with Gasteiger partial charge in [0.05, 0.1) is 55.6 Å². The van der Waals surface area contributed by atoms with Gasteiger partial charge in [0.1, 0.15) is 18.9 Å². The van der Waals surface area contributed by atoms with Crippen LogP contribution in [0.5, 0.6) is 11.5 Å². The Bertz CT molecular complexity index is 627. The molecule has 9 nitrogen and oxygen atoms in total. The standard InChI is InChI=1S/C16H22N2O7S/c1-12(26)17-13-10-15-16(11-14(13)18(19)20)25-9-7-23-5-3-21-2-4-22-6-8-24-15/h10-11H,2-9H2,1H3,(H,17,26). The fourth-order valence-corrected chi connectivity index (χ4v) is 2.29. The molecule has 0 spiro atoms. The van der Waals surface area contributed by atoms with E-state index >= 15 is 0 Å². The predicted octanol–water partition coefficient (Wildman–Crippen LogP) is 2.17. The molecule has 1 aliphatic heterocycles. The number of ether oxygens (including phenoxy) is 5. The summed E-state index contributed by atoms with van der Waals surface area (Å²) in [6.07, 6.45) is 0. The third kappa shape index (κ3) is 6.71. The molecule has 0 saturated carbocycles. The Labute approximate surface area is 156 Å². The molecule has 1 heterocycles. The summed E-state index contributed by atoms with van der Waals surface area (Å²) in [6, 6.07) is 2.82. The molecule has 0 bridgehead atoms. The van der Waals surface area contributed by atoms with Gasteiger partial charge in [0.15, 0.2) is 11.5 Å². The van der Waals surface area contributed by atoms with Gasteiger partial charge in [0.2, 0.25) is 0 Å². The van der Waals surface area contributed by atoms with Crippen LogP contribution in [0.15, 0.2) is 12.1 Å². The topological polar surface area (TPSA) is 101 Å². The van der Waals surface area contributed by atoms with Gasteiger partial charge >= 0.3 is 0 Å². The average molecular weight is 386 g/mol. The summed E-state index contributed by atoms with van der Waals surface area (Å²) in [5, 5.41) is 14.2. The number of hydrogen-bond acceptors (Lipinski definition) is 8. The minimum Gasteiger partial charge on any atom is -0.487 e. The molecule has 0 fully saturated rings. The monoisotopic (exact) mass is 386 g/mol. The van der Waals surface area contributed by atoms with Crippen LogP contribution >= 0.6 is 12.2 Å². The van der Waals surface area contributed by atoms with Gasteiger partial charge in [-0.1, -0.05) is 12.2 Å². The first-order chi connectivity index (χ1) is 12.6. The Hall–Kier alpha value is -2.01. The number of hydrogen-bond donors (Lipinski definition) is 1. The zero-order chi connectivity index (χ0) is 18.8. The van der Waals surface area contributed by atoms with E-state index in [1.165, 1.54) is 12.1 Å². The first-order valence-electron chi connectivity index (χ1n) is 8.17. The van der Waals surface area contributed by atoms with Crippen molar-refractivity contribution in [2.24, 2.45) is 0 Å². The molecule has 2 rings (SSSR count). The SMILES string of the molecule is CC(=S)Nc1cc2c(cc1[N+](=O)[O-])OCCOCCOCCOCCO2. The Kier molecular flexibility index (Phi) is 8.48. The number of nitro groups is 1. The van der Waals surface area contributed by atoms with Crippen molar-refractivity contribution in [1.82, 2.24) is 0 Å². The van der Waals surface area contributed by atoms with Crippen LogP contribution in [0.2, 0.25) is 0 Å². The van der Waals surface area contributed by atoms with Gasteiger partial charge in [-0.05, 0) is 6.92 Å². The Morgan fingerprint density at radius 2 is 1.42 bits per heavy atom. The van der Waals surface area contributed by atoms with Crippen LogP contribution in [-0.2, 0) is 14.2 Å². The molecule has 26 heavy (non-hydrogen) atoms. The van der Waals surface area contributed by atoms with E-state index in [1.54, 1.807) is 6.92 Å². The lowest BCUT2D eigenvalue weighted by atomic mass is 10.2. The number of thiocarbonyl (C=S) groups is 1. The largest absolute Gasteiger partial charge is 0.487 e. The second-order valence-electron chi connectivity index (χ2n) is 5.29. The maximum absolute atomic E-state index is 11.4. The number of rotatable bonds is 2. The van der Waals surface area contributed by atoms with Crippen molar-refractivity contribution in [3.63, 3.8) is 0 Å². The van der Waals surface area contributed by atoms with Crippen molar-refractivity contribution in [2.75, 3.05) is 58.2 Å². The third-order valence-corrected chi connectivity index (χ3v) is 3.39. The van der Waals surface area contributed by atoms with Crippen LogP contribution in [0.25, 0.3) is 0 Å². The third-order valence-electron chi connectivity index (χ3n) is 3.28. The van der Waals surface area contributed by atoms with Crippen LogP contribution in [0.1, 0.15) is 6.92 Å². The zero-order valence-electron chi connectivity index (χ0n) is 14.5. The second kappa shape index (κ2) is 10.9. The molecular formula is C16H22N2O7S. The fraction of sp³-hybridized carbons (Fsp3) is 0.562. The molecule has 1 aliphatic rings. The van der Waals surface area contributed by atoms with Crippen LogP contribution in [0.3, 0.4) is 0 Å². The normalized spacial score (nSPS) is 16.8. The summed E-state index contributed by atoms with van der Waals surface area (Å²) in [5.74, 6) is 0.628. The fourth-order valence-electron chi connectivity index (χ4n) is 2.18. The van der Waals surface area contributed by atoms with E-state index < -0.39 is 4.92 Å². The Morgan fingerprint density at radius 1 is 0.962 bits per heavy atom. The Balaban J connectivity index is 2.21. The molecule has 1 aromatic carbocycles. The van der Waals surface area contributed by atoms with Crippen molar-refractivity contribution < 1.29 is 28.6 Å². The van der Waals surface area contributed by atoms with Gasteiger partial charge < -0.3 is 29.0 Å². The van der Waals surface area contributed by atoms with Gasteiger partial charge in [0.25, 0.3) is 5.69 Å². The number of nitro benzene ring substituents is 1. The van der Waals surface area contributed by atoms with E-state index in [9.17, 15) is 10.1 Å². The van der Waals surface area contributed by atoms with Crippen LogP contribution in [0.4, 0.5) is 11.4 Å². The summed E-state index contributed by atoms with van der Waals surface area (Å²) >= 11 is 4.99. The lowest BCUT2D eigenvalue weighted by Crippen LogP contribution is -2.13. The van der Waals surface area contributed by atoms with E-state index in [4.69, 9.17) is 35.9 Å². The minimum absolute atomic E-state index is 0.153. The van der Waals surface area contributed by atoms with Crippen molar-refractivity contribution in [3.05, 3.63) is 22.2 Å². The molecule has 1 aromatic rings. The molecule has 10 heteroatoms. The number of anilines is 1. The molecular weight excluding hydrogens is 364 g/mol. The van der Waals surface area contributed by atoms with Crippen molar-refractivity contribution in [1.29, 1.82) is 0 Å². The highest BCUT2D eigenvalue weighted by Gasteiger charge is 2.20. The summed E-state index contributed by atoms with van der Waals surface area (Å²) in [7, 11) is 0. The maximum Gasteiger partial charge on any atom is 0.296 e. The molecule has 0 saturated heterocycles. The van der Waals surface area contributed by atoms with Crippen LogP contribution in [-0.4, -0.2) is 62.8 Å². The zero-order valence-corrected chi connectivity index (χ0v) is 15.3. The number of nitrogens with zero attached hydrogens (tertiary/aromatic N) is 1. The summed E-state index contributed by atoms with van der Waals surface area (Å²) < 4.78 is 27.4. The average Bonchev–Trinajstić information content (AvgIpc) is 2.59. The summed E-state index contributed by atoms with van der Waals surface area (Å²) in [4.78, 5) is 11.3. The van der Waals surface area contributed by atoms with Gasteiger partial charge in [-0.2, -0.15) is 0 Å². The number of nitrogens with one attached hydrogen (secondary N) is 1. The second-order valence-corrected chi connectivity index (χ2v) is 5.90. The van der Waals surface area contributed by atoms with Crippen LogP contribution < -0.4 is 14.8 Å². The molecule has 1 N–H and O–H groups in total. The van der Waals surface area contributed by atoms with Crippen molar-refractivity contribution >= 4 is 28.6 Å². The van der Waals surface area contributed by atoms with Crippen LogP contribution in [0, 0.1) is 10.1 Å². The highest BCUT2D eigenvalue weighted by atomic mass is 32.1. The first kappa shape index (κ1) is 20.3. The van der Waals surface area contributed by atoms with Gasteiger partial charge in [-0.3, -0.25) is 10.1 Å². The lowest BCUT2D eigenvalue weighted by molar-refractivity contribution is -0.384. The van der Waals surface area contributed by atoms with Gasteiger partial charge in [-0.25, -0.2) is 0 Å².